The summed E-state index contributed by atoms with van der Waals surface area (Å²) in [6.45, 7) is 6.68. The van der Waals surface area contributed by atoms with Crippen LogP contribution in [0.25, 0.3) is 0 Å². The first-order valence-electron chi connectivity index (χ1n) is 7.76. The van der Waals surface area contributed by atoms with Crippen LogP contribution in [0.2, 0.25) is 0 Å². The molecule has 0 fully saturated rings. The normalized spacial score (nSPS) is 11.6. The standard InChI is InChI=1S/C17H22N4O2/c1-4-12(3)18-16-11-10-15(20-21-16)17(22)19-13-6-8-14(9-7-13)23-5-2/h6-12H,4-5H2,1-3H3,(H,18,21)(H,19,22). The van der Waals surface area contributed by atoms with Crippen LogP contribution in [0.15, 0.2) is 36.4 Å². The first-order chi connectivity index (χ1) is 11.1. The van der Waals surface area contributed by atoms with E-state index in [0.29, 0.717) is 24.2 Å². The zero-order valence-electron chi connectivity index (χ0n) is 13.7. The lowest BCUT2D eigenvalue weighted by Gasteiger charge is -2.11. The molecule has 0 saturated heterocycles. The summed E-state index contributed by atoms with van der Waals surface area (Å²) in [5.41, 5.74) is 0.954. The number of carbonyl (C=O) groups is 1. The Balaban J connectivity index is 1.97. The molecule has 122 valence electrons. The van der Waals surface area contributed by atoms with Gasteiger partial charge in [0.05, 0.1) is 6.61 Å². The summed E-state index contributed by atoms with van der Waals surface area (Å²) >= 11 is 0. The van der Waals surface area contributed by atoms with Crippen molar-refractivity contribution in [1.82, 2.24) is 10.2 Å². The summed E-state index contributed by atoms with van der Waals surface area (Å²) in [6, 6.07) is 10.9. The van der Waals surface area contributed by atoms with Crippen molar-refractivity contribution in [3.05, 3.63) is 42.1 Å². The highest BCUT2D eigenvalue weighted by Gasteiger charge is 2.09. The van der Waals surface area contributed by atoms with Crippen molar-refractivity contribution >= 4 is 17.4 Å². The molecule has 0 spiro atoms. The Hall–Kier alpha value is -2.63. The predicted molar refractivity (Wildman–Crippen MR) is 91.0 cm³/mol. The molecule has 2 aromatic rings. The molecule has 0 radical (unpaired) electrons. The van der Waals surface area contributed by atoms with E-state index in [9.17, 15) is 4.79 Å². The Morgan fingerprint density at radius 2 is 1.87 bits per heavy atom. The zero-order valence-corrected chi connectivity index (χ0v) is 13.7. The van der Waals surface area contributed by atoms with E-state index in [-0.39, 0.29) is 11.6 Å². The third-order valence-electron chi connectivity index (χ3n) is 3.33. The largest absolute Gasteiger partial charge is 0.494 e. The number of amides is 1. The molecule has 0 aliphatic carbocycles. The van der Waals surface area contributed by atoms with E-state index < -0.39 is 0 Å². The second-order valence-electron chi connectivity index (χ2n) is 5.17. The van der Waals surface area contributed by atoms with Gasteiger partial charge in [0.1, 0.15) is 11.6 Å². The van der Waals surface area contributed by atoms with Crippen molar-refractivity contribution < 1.29 is 9.53 Å². The van der Waals surface area contributed by atoms with Gasteiger partial charge in [-0.3, -0.25) is 4.79 Å². The Morgan fingerprint density at radius 3 is 2.43 bits per heavy atom. The van der Waals surface area contributed by atoms with Gasteiger partial charge in [-0.15, -0.1) is 10.2 Å². The van der Waals surface area contributed by atoms with Crippen LogP contribution in [0.1, 0.15) is 37.7 Å². The van der Waals surface area contributed by atoms with Crippen LogP contribution in [-0.2, 0) is 0 Å². The van der Waals surface area contributed by atoms with E-state index in [1.54, 1.807) is 24.3 Å². The highest BCUT2D eigenvalue weighted by Crippen LogP contribution is 2.16. The maximum absolute atomic E-state index is 12.1. The Labute approximate surface area is 136 Å². The molecule has 1 aromatic heterocycles. The summed E-state index contributed by atoms with van der Waals surface area (Å²) in [7, 11) is 0. The first-order valence-corrected chi connectivity index (χ1v) is 7.76. The van der Waals surface area contributed by atoms with Gasteiger partial charge in [-0.25, -0.2) is 0 Å². The van der Waals surface area contributed by atoms with Crippen LogP contribution in [-0.4, -0.2) is 28.8 Å². The Morgan fingerprint density at radius 1 is 1.13 bits per heavy atom. The van der Waals surface area contributed by atoms with Gasteiger partial charge < -0.3 is 15.4 Å². The van der Waals surface area contributed by atoms with Gasteiger partial charge in [-0.1, -0.05) is 6.92 Å². The van der Waals surface area contributed by atoms with Crippen molar-refractivity contribution in [2.75, 3.05) is 17.2 Å². The van der Waals surface area contributed by atoms with Crippen molar-refractivity contribution in [2.45, 2.75) is 33.2 Å². The van der Waals surface area contributed by atoms with E-state index in [0.717, 1.165) is 12.2 Å². The summed E-state index contributed by atoms with van der Waals surface area (Å²) in [4.78, 5) is 12.1. The minimum absolute atomic E-state index is 0.272. The fourth-order valence-corrected chi connectivity index (χ4v) is 1.88. The zero-order chi connectivity index (χ0) is 16.7. The lowest BCUT2D eigenvalue weighted by atomic mass is 10.2. The van der Waals surface area contributed by atoms with Gasteiger partial charge in [0.2, 0.25) is 0 Å². The van der Waals surface area contributed by atoms with Crippen LogP contribution >= 0.6 is 0 Å². The Kier molecular flexibility index (Phi) is 5.91. The third kappa shape index (κ3) is 4.95. The maximum atomic E-state index is 12.1. The van der Waals surface area contributed by atoms with E-state index in [2.05, 4.69) is 34.7 Å². The molecular weight excluding hydrogens is 292 g/mol. The van der Waals surface area contributed by atoms with E-state index in [4.69, 9.17) is 4.74 Å². The minimum Gasteiger partial charge on any atom is -0.494 e. The number of rotatable bonds is 7. The minimum atomic E-state index is -0.295. The molecule has 1 amide bonds. The van der Waals surface area contributed by atoms with Crippen molar-refractivity contribution in [3.8, 4) is 5.75 Å². The Bertz CT molecular complexity index is 626. The fraction of sp³-hybridized carbons (Fsp3) is 0.353. The van der Waals surface area contributed by atoms with Gasteiger partial charge in [-0.2, -0.15) is 0 Å². The molecule has 0 saturated carbocycles. The summed E-state index contributed by atoms with van der Waals surface area (Å²) in [6.07, 6.45) is 0.988. The number of hydrogen-bond acceptors (Lipinski definition) is 5. The second kappa shape index (κ2) is 8.12. The van der Waals surface area contributed by atoms with E-state index in [1.165, 1.54) is 0 Å². The van der Waals surface area contributed by atoms with Crippen molar-refractivity contribution in [1.29, 1.82) is 0 Å². The molecule has 23 heavy (non-hydrogen) atoms. The molecule has 2 N–H and O–H groups in total. The molecule has 6 heteroatoms. The van der Waals surface area contributed by atoms with Gasteiger partial charge in [0.25, 0.3) is 5.91 Å². The van der Waals surface area contributed by atoms with E-state index >= 15 is 0 Å². The van der Waals surface area contributed by atoms with Gasteiger partial charge in [0, 0.05) is 11.7 Å². The molecule has 0 bridgehead atoms. The van der Waals surface area contributed by atoms with Crippen LogP contribution in [0.5, 0.6) is 5.75 Å². The second-order valence-corrected chi connectivity index (χ2v) is 5.17. The molecule has 0 aliphatic rings. The molecule has 1 heterocycles. The number of hydrogen-bond donors (Lipinski definition) is 2. The number of nitrogens with zero attached hydrogens (tertiary/aromatic N) is 2. The average molecular weight is 314 g/mol. The lowest BCUT2D eigenvalue weighted by molar-refractivity contribution is 0.102. The van der Waals surface area contributed by atoms with Crippen molar-refractivity contribution in [3.63, 3.8) is 0 Å². The maximum Gasteiger partial charge on any atom is 0.276 e. The molecule has 1 atom stereocenters. The lowest BCUT2D eigenvalue weighted by Crippen LogP contribution is -2.17. The quantitative estimate of drug-likeness (QED) is 0.819. The molecular formula is C17H22N4O2. The van der Waals surface area contributed by atoms with Gasteiger partial charge in [0.15, 0.2) is 5.69 Å². The number of aromatic nitrogens is 2. The summed E-state index contributed by atoms with van der Waals surface area (Å²) < 4.78 is 5.36. The van der Waals surface area contributed by atoms with Crippen LogP contribution in [0.3, 0.4) is 0 Å². The van der Waals surface area contributed by atoms with Gasteiger partial charge >= 0.3 is 0 Å². The molecule has 2 rings (SSSR count). The first kappa shape index (κ1) is 16.7. The highest BCUT2D eigenvalue weighted by atomic mass is 16.5. The number of carbonyl (C=O) groups excluding carboxylic acids is 1. The molecule has 1 unspecified atom stereocenters. The van der Waals surface area contributed by atoms with Crippen LogP contribution in [0, 0.1) is 0 Å². The molecule has 1 aromatic carbocycles. The van der Waals surface area contributed by atoms with Gasteiger partial charge in [-0.05, 0) is 56.7 Å². The SMILES string of the molecule is CCOc1ccc(NC(=O)c2ccc(NC(C)CC)nn2)cc1. The topological polar surface area (TPSA) is 76.1 Å². The summed E-state index contributed by atoms with van der Waals surface area (Å²) in [5.74, 6) is 1.14. The average Bonchev–Trinajstić information content (AvgIpc) is 2.57. The smallest absolute Gasteiger partial charge is 0.276 e. The van der Waals surface area contributed by atoms with E-state index in [1.807, 2.05) is 19.1 Å². The molecule has 0 aliphatic heterocycles. The number of nitrogens with one attached hydrogen (secondary N) is 2. The summed E-state index contributed by atoms with van der Waals surface area (Å²) in [5, 5.41) is 14.0. The molecule has 6 nitrogen and oxygen atoms in total. The highest BCUT2D eigenvalue weighted by molar-refractivity contribution is 6.02. The number of benzene rings is 1. The van der Waals surface area contributed by atoms with Crippen molar-refractivity contribution in [2.24, 2.45) is 0 Å². The monoisotopic (exact) mass is 314 g/mol. The third-order valence-corrected chi connectivity index (χ3v) is 3.33. The number of ether oxygens (including phenoxy) is 1. The van der Waals surface area contributed by atoms with Crippen LogP contribution in [0.4, 0.5) is 11.5 Å². The predicted octanol–water partition coefficient (Wildman–Crippen LogP) is 3.34. The van der Waals surface area contributed by atoms with Crippen LogP contribution < -0.4 is 15.4 Å². The number of anilines is 2. The fourth-order valence-electron chi connectivity index (χ4n) is 1.88.